The molecule has 0 aliphatic heterocycles. The summed E-state index contributed by atoms with van der Waals surface area (Å²) in [7, 11) is 0. The summed E-state index contributed by atoms with van der Waals surface area (Å²) in [4.78, 5) is 2.55. The average molecular weight is 355 g/mol. The van der Waals surface area contributed by atoms with Gasteiger partial charge in [0.15, 0.2) is 0 Å². The Balaban J connectivity index is 3.11. The predicted molar refractivity (Wildman–Crippen MR) is 115 cm³/mol. The van der Waals surface area contributed by atoms with Crippen LogP contribution in [0.2, 0.25) is 0 Å². The van der Waals surface area contributed by atoms with Gasteiger partial charge in [-0.05, 0) is 39.0 Å². The van der Waals surface area contributed by atoms with Gasteiger partial charge in [-0.15, -0.1) is 0 Å². The monoisotopic (exact) mass is 354 g/mol. The Morgan fingerprint density at radius 1 is 0.480 bits per heavy atom. The van der Waals surface area contributed by atoms with E-state index in [4.69, 9.17) is 5.73 Å². The van der Waals surface area contributed by atoms with Crippen molar-refractivity contribution in [3.8, 4) is 0 Å². The van der Waals surface area contributed by atoms with Gasteiger partial charge in [0.1, 0.15) is 0 Å². The summed E-state index contributed by atoms with van der Waals surface area (Å²) >= 11 is 0. The largest absolute Gasteiger partial charge is 0.330 e. The Morgan fingerprint density at radius 3 is 1.20 bits per heavy atom. The highest BCUT2D eigenvalue weighted by molar-refractivity contribution is 4.57. The molecule has 0 aromatic carbocycles. The van der Waals surface area contributed by atoms with Gasteiger partial charge in [-0.3, -0.25) is 0 Å². The smallest absolute Gasteiger partial charge is 0.000683 e. The molecule has 0 saturated heterocycles. The first-order valence-electron chi connectivity index (χ1n) is 11.8. The number of nitrogens with zero attached hydrogens (tertiary/aromatic N) is 1. The van der Waals surface area contributed by atoms with Crippen molar-refractivity contribution in [2.24, 2.45) is 5.73 Å². The molecule has 152 valence electrons. The molecule has 2 N–H and O–H groups in total. The van der Waals surface area contributed by atoms with Gasteiger partial charge in [0.2, 0.25) is 0 Å². The van der Waals surface area contributed by atoms with Crippen LogP contribution in [0.1, 0.15) is 123 Å². The molecule has 0 atom stereocenters. The zero-order valence-electron chi connectivity index (χ0n) is 17.9. The van der Waals surface area contributed by atoms with Crippen molar-refractivity contribution in [2.75, 3.05) is 26.2 Å². The van der Waals surface area contributed by atoms with Crippen molar-refractivity contribution in [3.05, 3.63) is 0 Å². The third-order valence-electron chi connectivity index (χ3n) is 5.45. The van der Waals surface area contributed by atoms with E-state index in [9.17, 15) is 0 Å². The highest BCUT2D eigenvalue weighted by Crippen LogP contribution is 2.13. The summed E-state index contributed by atoms with van der Waals surface area (Å²) in [6, 6.07) is 0. The van der Waals surface area contributed by atoms with Crippen LogP contribution in [0.25, 0.3) is 0 Å². The summed E-state index contributed by atoms with van der Waals surface area (Å²) in [5, 5.41) is 0. The number of hydrogen-bond acceptors (Lipinski definition) is 2. The van der Waals surface area contributed by atoms with Crippen LogP contribution in [0, 0.1) is 0 Å². The van der Waals surface area contributed by atoms with Crippen LogP contribution in [0.3, 0.4) is 0 Å². The topological polar surface area (TPSA) is 29.3 Å². The number of nitrogens with two attached hydrogens (primary N) is 1. The molecule has 0 saturated carbocycles. The Morgan fingerprint density at radius 2 is 0.840 bits per heavy atom. The molecule has 0 heterocycles. The Hall–Kier alpha value is -0.0800. The molecular weight excluding hydrogens is 304 g/mol. The molecule has 0 radical (unpaired) electrons. The van der Waals surface area contributed by atoms with Crippen molar-refractivity contribution in [2.45, 2.75) is 123 Å². The minimum Gasteiger partial charge on any atom is -0.330 e. The van der Waals surface area contributed by atoms with Crippen LogP contribution < -0.4 is 5.73 Å². The highest BCUT2D eigenvalue weighted by atomic mass is 15.1. The number of unbranched alkanes of at least 4 members (excludes halogenated alkanes) is 15. The fourth-order valence-corrected chi connectivity index (χ4v) is 3.63. The van der Waals surface area contributed by atoms with Gasteiger partial charge < -0.3 is 10.6 Å². The Labute approximate surface area is 160 Å². The van der Waals surface area contributed by atoms with Crippen molar-refractivity contribution in [1.29, 1.82) is 0 Å². The maximum atomic E-state index is 5.60. The molecule has 0 amide bonds. The molecule has 0 spiro atoms. The Kier molecular flexibility index (Phi) is 21.9. The molecule has 0 aromatic heterocycles. The van der Waals surface area contributed by atoms with Gasteiger partial charge in [-0.1, -0.05) is 110 Å². The highest BCUT2D eigenvalue weighted by Gasteiger charge is 2.01. The van der Waals surface area contributed by atoms with Gasteiger partial charge in [-0.25, -0.2) is 0 Å². The van der Waals surface area contributed by atoms with E-state index in [1.807, 2.05) is 0 Å². The molecule has 2 nitrogen and oxygen atoms in total. The zero-order valence-corrected chi connectivity index (χ0v) is 17.9. The van der Waals surface area contributed by atoms with E-state index in [-0.39, 0.29) is 0 Å². The van der Waals surface area contributed by atoms with E-state index in [0.29, 0.717) is 0 Å². The van der Waals surface area contributed by atoms with E-state index >= 15 is 0 Å². The second kappa shape index (κ2) is 22.0. The van der Waals surface area contributed by atoms with E-state index < -0.39 is 0 Å². The lowest BCUT2D eigenvalue weighted by molar-refractivity contribution is 0.278. The van der Waals surface area contributed by atoms with Gasteiger partial charge in [0.05, 0.1) is 0 Å². The van der Waals surface area contributed by atoms with Crippen LogP contribution >= 0.6 is 0 Å². The first-order chi connectivity index (χ1) is 12.3. The van der Waals surface area contributed by atoms with Crippen LogP contribution in [-0.4, -0.2) is 31.1 Å². The molecule has 0 aliphatic rings. The molecule has 2 heteroatoms. The fourth-order valence-electron chi connectivity index (χ4n) is 3.63. The number of rotatable bonds is 21. The maximum absolute atomic E-state index is 5.60. The molecule has 0 bridgehead atoms. The Bertz CT molecular complexity index is 230. The van der Waals surface area contributed by atoms with Crippen molar-refractivity contribution < 1.29 is 0 Å². The zero-order chi connectivity index (χ0) is 18.4. The van der Waals surface area contributed by atoms with Gasteiger partial charge in [-0.2, -0.15) is 0 Å². The van der Waals surface area contributed by atoms with Crippen LogP contribution in [-0.2, 0) is 0 Å². The van der Waals surface area contributed by atoms with E-state index in [2.05, 4.69) is 18.7 Å². The van der Waals surface area contributed by atoms with Gasteiger partial charge >= 0.3 is 0 Å². The van der Waals surface area contributed by atoms with Crippen LogP contribution in [0.5, 0.6) is 0 Å². The van der Waals surface area contributed by atoms with E-state index in [1.54, 1.807) is 0 Å². The summed E-state index contributed by atoms with van der Waals surface area (Å²) in [6.45, 7) is 9.03. The molecule has 25 heavy (non-hydrogen) atoms. The van der Waals surface area contributed by atoms with E-state index in [1.165, 1.54) is 122 Å². The summed E-state index contributed by atoms with van der Waals surface area (Å²) in [5.74, 6) is 0. The first-order valence-corrected chi connectivity index (χ1v) is 11.8. The van der Waals surface area contributed by atoms with Crippen molar-refractivity contribution in [3.63, 3.8) is 0 Å². The van der Waals surface area contributed by atoms with Gasteiger partial charge in [0.25, 0.3) is 0 Å². The molecule has 0 rings (SSSR count). The lowest BCUT2D eigenvalue weighted by Gasteiger charge is -2.19. The molecule has 0 aromatic rings. The number of hydrogen-bond donors (Lipinski definition) is 1. The molecule has 0 unspecified atom stereocenters. The summed E-state index contributed by atoms with van der Waals surface area (Å²) in [6.07, 6.45) is 24.3. The molecule has 0 fully saturated rings. The third-order valence-corrected chi connectivity index (χ3v) is 5.45. The van der Waals surface area contributed by atoms with Crippen molar-refractivity contribution >= 4 is 0 Å². The lowest BCUT2D eigenvalue weighted by Crippen LogP contribution is -2.27. The lowest BCUT2D eigenvalue weighted by atomic mass is 10.0. The molecule has 0 aliphatic carbocycles. The van der Waals surface area contributed by atoms with Crippen LogP contribution in [0.4, 0.5) is 0 Å². The normalized spacial score (nSPS) is 11.5. The SMILES string of the molecule is CCCCCCCCCCCCCCCCCCN(CC)CCCN. The molecular formula is C23H50N2. The summed E-state index contributed by atoms with van der Waals surface area (Å²) in [5.41, 5.74) is 5.60. The summed E-state index contributed by atoms with van der Waals surface area (Å²) < 4.78 is 0. The average Bonchev–Trinajstić information content (AvgIpc) is 2.63. The second-order valence-corrected chi connectivity index (χ2v) is 7.88. The van der Waals surface area contributed by atoms with Crippen molar-refractivity contribution in [1.82, 2.24) is 4.90 Å². The van der Waals surface area contributed by atoms with Gasteiger partial charge in [0, 0.05) is 0 Å². The first kappa shape index (κ1) is 24.9. The van der Waals surface area contributed by atoms with E-state index in [0.717, 1.165) is 13.0 Å². The maximum Gasteiger partial charge on any atom is -0.000683 e. The standard InChI is InChI=1S/C23H50N2/c1-3-5-6-7-8-9-10-11-12-13-14-15-16-17-18-19-22-25(4-2)23-20-21-24/h3-24H2,1-2H3. The predicted octanol–water partition coefficient (Wildman–Crippen LogP) is 6.92. The van der Waals surface area contributed by atoms with Crippen LogP contribution in [0.15, 0.2) is 0 Å². The quantitative estimate of drug-likeness (QED) is 0.227. The minimum absolute atomic E-state index is 0.829. The second-order valence-electron chi connectivity index (χ2n) is 7.88. The fraction of sp³-hybridized carbons (Fsp3) is 1.00. The third kappa shape index (κ3) is 20.1. The minimum atomic E-state index is 0.829.